The van der Waals surface area contributed by atoms with Crippen molar-refractivity contribution in [3.8, 4) is 0 Å². The Balaban J connectivity index is 1.87. The fraction of sp³-hybridized carbons (Fsp3) is 0.938. The second kappa shape index (κ2) is 7.07. The summed E-state index contributed by atoms with van der Waals surface area (Å²) in [6, 6.07) is 0.445. The van der Waals surface area contributed by atoms with Crippen LogP contribution >= 0.6 is 0 Å². The van der Waals surface area contributed by atoms with E-state index in [2.05, 4.69) is 48.3 Å². The Kier molecular flexibility index (Phi) is 5.63. The van der Waals surface area contributed by atoms with E-state index in [1.54, 1.807) is 0 Å². The molecule has 0 spiro atoms. The van der Waals surface area contributed by atoms with Crippen molar-refractivity contribution in [2.75, 3.05) is 52.9 Å². The Bertz CT molecular complexity index is 344. The van der Waals surface area contributed by atoms with Crippen LogP contribution in [0.2, 0.25) is 0 Å². The molecule has 0 aromatic carbocycles. The number of likely N-dealkylation sites (N-methyl/N-ethyl adjacent to an activating group) is 1. The predicted octanol–water partition coefficient (Wildman–Crippen LogP) is 0.374. The minimum Gasteiger partial charge on any atom is -0.354 e. The molecule has 2 atom stereocenters. The maximum absolute atomic E-state index is 12.5. The fourth-order valence-electron chi connectivity index (χ4n) is 3.36. The number of rotatable bonds is 5. The van der Waals surface area contributed by atoms with Crippen LogP contribution < -0.4 is 10.6 Å². The topological polar surface area (TPSA) is 47.6 Å². The quantitative estimate of drug-likeness (QED) is 0.770. The molecule has 2 saturated heterocycles. The summed E-state index contributed by atoms with van der Waals surface area (Å²) in [5.74, 6) is 0.774. The van der Waals surface area contributed by atoms with Crippen LogP contribution in [0.5, 0.6) is 0 Å². The molecular formula is C16H32N4O. The molecule has 122 valence electrons. The first kappa shape index (κ1) is 16.7. The molecule has 2 fully saturated rings. The van der Waals surface area contributed by atoms with Gasteiger partial charge >= 0.3 is 0 Å². The molecule has 0 saturated carbocycles. The summed E-state index contributed by atoms with van der Waals surface area (Å²) in [6.45, 7) is 13.6. The van der Waals surface area contributed by atoms with Crippen LogP contribution in [0, 0.1) is 11.3 Å². The van der Waals surface area contributed by atoms with Gasteiger partial charge in [-0.1, -0.05) is 13.8 Å². The van der Waals surface area contributed by atoms with Crippen molar-refractivity contribution in [2.24, 2.45) is 11.3 Å². The zero-order valence-corrected chi connectivity index (χ0v) is 14.1. The standard InChI is InChI=1S/C16H32N4O/c1-13(2)14(20-9-7-19(4)8-10-20)11-18-15(21)16(3)5-6-17-12-16/h13-14,17H,5-12H2,1-4H3,(H,18,21). The number of nitrogens with one attached hydrogen (secondary N) is 2. The van der Waals surface area contributed by atoms with Crippen molar-refractivity contribution in [1.29, 1.82) is 0 Å². The molecule has 0 aliphatic carbocycles. The summed E-state index contributed by atoms with van der Waals surface area (Å²) in [5.41, 5.74) is -0.219. The highest BCUT2D eigenvalue weighted by Gasteiger charge is 2.36. The van der Waals surface area contributed by atoms with E-state index in [4.69, 9.17) is 0 Å². The highest BCUT2D eigenvalue weighted by atomic mass is 16.2. The third-order valence-electron chi connectivity index (χ3n) is 5.17. The van der Waals surface area contributed by atoms with Gasteiger partial charge in [-0.25, -0.2) is 0 Å². The molecular weight excluding hydrogens is 264 g/mol. The maximum Gasteiger partial charge on any atom is 0.227 e. The van der Waals surface area contributed by atoms with Gasteiger partial charge in [-0.05, 0) is 32.9 Å². The lowest BCUT2D eigenvalue weighted by Crippen LogP contribution is -2.55. The van der Waals surface area contributed by atoms with Crippen LogP contribution in [-0.2, 0) is 4.79 Å². The summed E-state index contributed by atoms with van der Waals surface area (Å²) in [7, 11) is 2.18. The molecule has 2 unspecified atom stereocenters. The lowest BCUT2D eigenvalue weighted by molar-refractivity contribution is -0.129. The van der Waals surface area contributed by atoms with Gasteiger partial charge < -0.3 is 15.5 Å². The first-order valence-corrected chi connectivity index (χ1v) is 8.34. The van der Waals surface area contributed by atoms with Crippen LogP contribution in [0.3, 0.4) is 0 Å². The maximum atomic E-state index is 12.5. The molecule has 5 nitrogen and oxygen atoms in total. The average Bonchev–Trinajstić information content (AvgIpc) is 2.88. The van der Waals surface area contributed by atoms with Gasteiger partial charge in [0.1, 0.15) is 0 Å². The van der Waals surface area contributed by atoms with Gasteiger partial charge in [-0.3, -0.25) is 9.69 Å². The number of carbonyl (C=O) groups excluding carboxylic acids is 1. The van der Waals surface area contributed by atoms with Crippen molar-refractivity contribution in [3.63, 3.8) is 0 Å². The van der Waals surface area contributed by atoms with Gasteiger partial charge in [0.05, 0.1) is 5.41 Å². The molecule has 21 heavy (non-hydrogen) atoms. The Labute approximate surface area is 129 Å². The Morgan fingerprint density at radius 1 is 1.29 bits per heavy atom. The van der Waals surface area contributed by atoms with E-state index in [0.29, 0.717) is 12.0 Å². The number of amides is 1. The molecule has 0 aromatic heterocycles. The van der Waals surface area contributed by atoms with E-state index >= 15 is 0 Å². The second-order valence-electron chi connectivity index (χ2n) is 7.35. The average molecular weight is 296 g/mol. The van der Waals surface area contributed by atoms with Gasteiger partial charge in [-0.2, -0.15) is 0 Å². The molecule has 2 N–H and O–H groups in total. The summed E-state index contributed by atoms with van der Waals surface area (Å²) < 4.78 is 0. The number of nitrogens with zero attached hydrogens (tertiary/aromatic N) is 2. The minimum absolute atomic E-state index is 0.215. The largest absolute Gasteiger partial charge is 0.354 e. The highest BCUT2D eigenvalue weighted by molar-refractivity contribution is 5.82. The summed E-state index contributed by atoms with van der Waals surface area (Å²) in [4.78, 5) is 17.4. The van der Waals surface area contributed by atoms with Gasteiger partial charge in [-0.15, -0.1) is 0 Å². The van der Waals surface area contributed by atoms with E-state index in [1.165, 1.54) is 0 Å². The van der Waals surface area contributed by atoms with Gasteiger partial charge in [0.15, 0.2) is 0 Å². The molecule has 0 aromatic rings. The van der Waals surface area contributed by atoms with Crippen molar-refractivity contribution < 1.29 is 4.79 Å². The number of carbonyl (C=O) groups is 1. The van der Waals surface area contributed by atoms with Crippen molar-refractivity contribution in [1.82, 2.24) is 20.4 Å². The summed E-state index contributed by atoms with van der Waals surface area (Å²) >= 11 is 0. The molecule has 2 heterocycles. The zero-order chi connectivity index (χ0) is 15.5. The molecule has 2 rings (SSSR count). The van der Waals surface area contributed by atoms with E-state index in [1.807, 2.05) is 0 Å². The lowest BCUT2D eigenvalue weighted by Gasteiger charge is -2.40. The first-order valence-electron chi connectivity index (χ1n) is 8.34. The van der Waals surface area contributed by atoms with Crippen LogP contribution in [0.1, 0.15) is 27.2 Å². The van der Waals surface area contributed by atoms with Gasteiger partial charge in [0, 0.05) is 45.3 Å². The van der Waals surface area contributed by atoms with Crippen LogP contribution in [0.4, 0.5) is 0 Å². The van der Waals surface area contributed by atoms with E-state index in [0.717, 1.165) is 52.2 Å². The first-order chi connectivity index (χ1) is 9.92. The number of piperazine rings is 1. The third-order valence-corrected chi connectivity index (χ3v) is 5.17. The third kappa shape index (κ3) is 4.18. The van der Waals surface area contributed by atoms with Gasteiger partial charge in [0.2, 0.25) is 5.91 Å². The van der Waals surface area contributed by atoms with Crippen molar-refractivity contribution >= 4 is 5.91 Å². The van der Waals surface area contributed by atoms with E-state index in [-0.39, 0.29) is 11.3 Å². The Morgan fingerprint density at radius 2 is 1.95 bits per heavy atom. The molecule has 2 aliphatic rings. The zero-order valence-electron chi connectivity index (χ0n) is 14.1. The summed E-state index contributed by atoms with van der Waals surface area (Å²) in [5, 5.41) is 6.52. The fourth-order valence-corrected chi connectivity index (χ4v) is 3.36. The second-order valence-corrected chi connectivity index (χ2v) is 7.35. The summed E-state index contributed by atoms with van der Waals surface area (Å²) in [6.07, 6.45) is 0.944. The SMILES string of the molecule is CC(C)C(CNC(=O)C1(C)CCNC1)N1CCN(C)CC1. The van der Waals surface area contributed by atoms with E-state index in [9.17, 15) is 4.79 Å². The minimum atomic E-state index is -0.219. The number of hydrogen-bond acceptors (Lipinski definition) is 4. The molecule has 5 heteroatoms. The Hall–Kier alpha value is -0.650. The van der Waals surface area contributed by atoms with E-state index < -0.39 is 0 Å². The van der Waals surface area contributed by atoms with Crippen LogP contribution in [-0.4, -0.2) is 74.6 Å². The smallest absolute Gasteiger partial charge is 0.227 e. The van der Waals surface area contributed by atoms with Crippen molar-refractivity contribution in [2.45, 2.75) is 33.2 Å². The molecule has 0 radical (unpaired) electrons. The predicted molar refractivity (Wildman–Crippen MR) is 86.3 cm³/mol. The lowest BCUT2D eigenvalue weighted by atomic mass is 9.88. The normalized spacial score (nSPS) is 29.8. The van der Waals surface area contributed by atoms with Crippen LogP contribution in [0.15, 0.2) is 0 Å². The Morgan fingerprint density at radius 3 is 2.48 bits per heavy atom. The molecule has 2 aliphatic heterocycles. The van der Waals surface area contributed by atoms with Crippen LogP contribution in [0.25, 0.3) is 0 Å². The van der Waals surface area contributed by atoms with Gasteiger partial charge in [0.25, 0.3) is 0 Å². The number of hydrogen-bond donors (Lipinski definition) is 2. The highest BCUT2D eigenvalue weighted by Crippen LogP contribution is 2.24. The molecule has 1 amide bonds. The monoisotopic (exact) mass is 296 g/mol. The molecule has 0 bridgehead atoms. The van der Waals surface area contributed by atoms with Crippen molar-refractivity contribution in [3.05, 3.63) is 0 Å².